The third-order valence-corrected chi connectivity index (χ3v) is 6.03. The molecule has 0 amide bonds. The summed E-state index contributed by atoms with van der Waals surface area (Å²) in [4.78, 5) is 16.5. The summed E-state index contributed by atoms with van der Waals surface area (Å²) in [7, 11) is -3.46. The fourth-order valence-corrected chi connectivity index (χ4v) is 3.87. The van der Waals surface area contributed by atoms with E-state index in [2.05, 4.69) is 10.3 Å². The maximum atomic E-state index is 12.5. The van der Waals surface area contributed by atoms with Crippen molar-refractivity contribution in [3.05, 3.63) is 24.0 Å². The Labute approximate surface area is 131 Å². The molecule has 122 valence electrons. The van der Waals surface area contributed by atoms with Gasteiger partial charge in [-0.05, 0) is 45.9 Å². The normalized spacial score (nSPS) is 22.0. The standard InChI is InChI=1S/C15H22N2O4S/c1-4-21-15(18)11-7-9-17-13(11)14-12(6-5-8-16-14)22(19,20)10(2)3/h5-6,8,10-11,13,17H,4,7,9H2,1-3H3/t11-,13+/m0/s1. The second-order valence-corrected chi connectivity index (χ2v) is 8.03. The predicted octanol–water partition coefficient (Wildman–Crippen LogP) is 1.48. The number of nitrogens with zero attached hydrogens (tertiary/aromatic N) is 1. The zero-order valence-corrected chi connectivity index (χ0v) is 13.9. The van der Waals surface area contributed by atoms with Crippen LogP contribution in [-0.2, 0) is 19.4 Å². The molecular formula is C15H22N2O4S. The van der Waals surface area contributed by atoms with Crippen molar-refractivity contribution in [2.75, 3.05) is 13.2 Å². The zero-order valence-electron chi connectivity index (χ0n) is 13.1. The van der Waals surface area contributed by atoms with E-state index < -0.39 is 27.0 Å². The lowest BCUT2D eigenvalue weighted by atomic mass is 9.98. The monoisotopic (exact) mass is 326 g/mol. The second-order valence-electron chi connectivity index (χ2n) is 5.56. The first-order chi connectivity index (χ1) is 10.4. The van der Waals surface area contributed by atoms with Gasteiger partial charge in [0.2, 0.25) is 0 Å². The zero-order chi connectivity index (χ0) is 16.3. The lowest BCUT2D eigenvalue weighted by Crippen LogP contribution is -2.28. The molecule has 6 nitrogen and oxygen atoms in total. The Kier molecular flexibility index (Phi) is 5.18. The Bertz CT molecular complexity index is 643. The first-order valence-corrected chi connectivity index (χ1v) is 9.03. The van der Waals surface area contributed by atoms with Crippen molar-refractivity contribution in [2.45, 2.75) is 43.4 Å². The third-order valence-electron chi connectivity index (χ3n) is 3.83. The van der Waals surface area contributed by atoms with Gasteiger partial charge in [0.05, 0.1) is 34.4 Å². The Morgan fingerprint density at radius 1 is 1.50 bits per heavy atom. The topological polar surface area (TPSA) is 85.4 Å². The molecule has 0 unspecified atom stereocenters. The fourth-order valence-electron chi connectivity index (χ4n) is 2.62. The van der Waals surface area contributed by atoms with Gasteiger partial charge in [-0.1, -0.05) is 0 Å². The van der Waals surface area contributed by atoms with Gasteiger partial charge in [-0.15, -0.1) is 0 Å². The molecule has 0 bridgehead atoms. The highest BCUT2D eigenvalue weighted by Crippen LogP contribution is 2.33. The molecule has 2 rings (SSSR count). The van der Waals surface area contributed by atoms with Gasteiger partial charge in [0.25, 0.3) is 0 Å². The molecule has 0 saturated carbocycles. The van der Waals surface area contributed by atoms with Crippen molar-refractivity contribution in [2.24, 2.45) is 5.92 Å². The van der Waals surface area contributed by atoms with Gasteiger partial charge < -0.3 is 10.1 Å². The van der Waals surface area contributed by atoms with Gasteiger partial charge in [-0.25, -0.2) is 8.42 Å². The molecule has 0 spiro atoms. The van der Waals surface area contributed by atoms with E-state index in [-0.39, 0.29) is 10.9 Å². The minimum atomic E-state index is -3.46. The number of rotatable bonds is 5. The Hall–Kier alpha value is -1.47. The molecule has 0 aromatic carbocycles. The SMILES string of the molecule is CCOC(=O)[C@H]1CCN[C@H]1c1ncccc1S(=O)(=O)C(C)C. The van der Waals surface area contributed by atoms with Crippen molar-refractivity contribution in [3.63, 3.8) is 0 Å². The van der Waals surface area contributed by atoms with Crippen LogP contribution in [0.4, 0.5) is 0 Å². The molecular weight excluding hydrogens is 304 g/mol. The molecule has 1 aromatic heterocycles. The van der Waals surface area contributed by atoms with Gasteiger partial charge in [0.1, 0.15) is 0 Å². The summed E-state index contributed by atoms with van der Waals surface area (Å²) >= 11 is 0. The third kappa shape index (κ3) is 3.15. The van der Waals surface area contributed by atoms with E-state index in [4.69, 9.17) is 4.74 Å². The van der Waals surface area contributed by atoms with E-state index in [0.717, 1.165) is 0 Å². The molecule has 1 aliphatic rings. The number of pyridine rings is 1. The average molecular weight is 326 g/mol. The van der Waals surface area contributed by atoms with Crippen LogP contribution in [0.25, 0.3) is 0 Å². The van der Waals surface area contributed by atoms with Gasteiger partial charge >= 0.3 is 5.97 Å². The van der Waals surface area contributed by atoms with E-state index >= 15 is 0 Å². The Morgan fingerprint density at radius 2 is 2.23 bits per heavy atom. The molecule has 2 heterocycles. The van der Waals surface area contributed by atoms with Crippen LogP contribution in [0.3, 0.4) is 0 Å². The van der Waals surface area contributed by atoms with Gasteiger partial charge in [-0.3, -0.25) is 9.78 Å². The van der Waals surface area contributed by atoms with E-state index in [9.17, 15) is 13.2 Å². The molecule has 1 N–H and O–H groups in total. The number of ether oxygens (including phenoxy) is 1. The fraction of sp³-hybridized carbons (Fsp3) is 0.600. The molecule has 2 atom stereocenters. The number of hydrogen-bond donors (Lipinski definition) is 1. The highest BCUT2D eigenvalue weighted by atomic mass is 32.2. The summed E-state index contributed by atoms with van der Waals surface area (Å²) < 4.78 is 30.1. The smallest absolute Gasteiger partial charge is 0.310 e. The van der Waals surface area contributed by atoms with Crippen molar-refractivity contribution >= 4 is 15.8 Å². The van der Waals surface area contributed by atoms with E-state index in [1.807, 2.05) is 0 Å². The Balaban J connectivity index is 2.43. The average Bonchev–Trinajstić information content (AvgIpc) is 2.96. The molecule has 7 heteroatoms. The van der Waals surface area contributed by atoms with E-state index in [1.54, 1.807) is 39.1 Å². The number of carbonyl (C=O) groups excluding carboxylic acids is 1. The minimum Gasteiger partial charge on any atom is -0.466 e. The second kappa shape index (κ2) is 6.75. The number of sulfone groups is 1. The van der Waals surface area contributed by atoms with Gasteiger partial charge in [-0.2, -0.15) is 0 Å². The van der Waals surface area contributed by atoms with Gasteiger partial charge in [0, 0.05) is 6.20 Å². The van der Waals surface area contributed by atoms with Crippen LogP contribution in [-0.4, -0.2) is 37.8 Å². The van der Waals surface area contributed by atoms with E-state index in [0.29, 0.717) is 25.3 Å². The molecule has 1 fully saturated rings. The molecule has 22 heavy (non-hydrogen) atoms. The highest BCUT2D eigenvalue weighted by molar-refractivity contribution is 7.92. The van der Waals surface area contributed by atoms with Crippen LogP contribution in [0, 0.1) is 5.92 Å². The highest BCUT2D eigenvalue weighted by Gasteiger charge is 2.39. The molecule has 0 radical (unpaired) electrons. The number of aromatic nitrogens is 1. The maximum absolute atomic E-state index is 12.5. The maximum Gasteiger partial charge on any atom is 0.310 e. The molecule has 0 aliphatic carbocycles. The predicted molar refractivity (Wildman–Crippen MR) is 82.0 cm³/mol. The summed E-state index contributed by atoms with van der Waals surface area (Å²) in [6.07, 6.45) is 2.16. The number of nitrogens with one attached hydrogen (secondary N) is 1. The summed E-state index contributed by atoms with van der Waals surface area (Å²) in [5.74, 6) is -0.716. The lowest BCUT2D eigenvalue weighted by Gasteiger charge is -2.21. The molecule has 1 aromatic rings. The number of esters is 1. The first-order valence-electron chi connectivity index (χ1n) is 7.48. The molecule has 1 aliphatic heterocycles. The van der Waals surface area contributed by atoms with Crippen LogP contribution in [0.2, 0.25) is 0 Å². The lowest BCUT2D eigenvalue weighted by molar-refractivity contribution is -0.148. The summed E-state index contributed by atoms with van der Waals surface area (Å²) in [5.41, 5.74) is 0.409. The summed E-state index contributed by atoms with van der Waals surface area (Å²) in [6.45, 7) is 5.96. The van der Waals surface area contributed by atoms with Crippen LogP contribution in [0.15, 0.2) is 23.2 Å². The Morgan fingerprint density at radius 3 is 2.86 bits per heavy atom. The van der Waals surface area contributed by atoms with E-state index in [1.165, 1.54) is 0 Å². The van der Waals surface area contributed by atoms with Crippen molar-refractivity contribution < 1.29 is 17.9 Å². The van der Waals surface area contributed by atoms with Crippen LogP contribution in [0.1, 0.15) is 38.9 Å². The largest absolute Gasteiger partial charge is 0.466 e. The first kappa shape index (κ1) is 16.9. The van der Waals surface area contributed by atoms with Crippen molar-refractivity contribution in [1.29, 1.82) is 0 Å². The van der Waals surface area contributed by atoms with Gasteiger partial charge in [0.15, 0.2) is 9.84 Å². The van der Waals surface area contributed by atoms with Crippen molar-refractivity contribution in [1.82, 2.24) is 10.3 Å². The summed E-state index contributed by atoms with van der Waals surface area (Å²) in [6, 6.07) is 2.73. The number of hydrogen-bond acceptors (Lipinski definition) is 6. The quantitative estimate of drug-likeness (QED) is 0.825. The number of carbonyl (C=O) groups is 1. The van der Waals surface area contributed by atoms with Crippen LogP contribution >= 0.6 is 0 Å². The molecule has 1 saturated heterocycles. The minimum absolute atomic E-state index is 0.193. The van der Waals surface area contributed by atoms with Crippen LogP contribution < -0.4 is 5.32 Å². The summed E-state index contributed by atoms with van der Waals surface area (Å²) in [5, 5.41) is 2.64. The van der Waals surface area contributed by atoms with Crippen molar-refractivity contribution in [3.8, 4) is 0 Å². The van der Waals surface area contributed by atoms with Crippen LogP contribution in [0.5, 0.6) is 0 Å².